The van der Waals surface area contributed by atoms with Crippen molar-refractivity contribution in [2.75, 3.05) is 0 Å². The third-order valence-corrected chi connectivity index (χ3v) is 3.25. The standard InChI is InChI=1S/C12H14ClFO3/c1-6(7(2)12(16)17)11(15)8-3-4-10(14)9(13)5-8/h3-7,11,15H,1-2H3,(H,16,17). The first-order valence-electron chi connectivity index (χ1n) is 5.20. The molecule has 1 aromatic rings. The van der Waals surface area contributed by atoms with Crippen LogP contribution in [0.4, 0.5) is 4.39 Å². The summed E-state index contributed by atoms with van der Waals surface area (Å²) in [4.78, 5) is 10.8. The highest BCUT2D eigenvalue weighted by molar-refractivity contribution is 6.30. The predicted molar refractivity (Wildman–Crippen MR) is 62.3 cm³/mol. The molecule has 3 atom stereocenters. The lowest BCUT2D eigenvalue weighted by molar-refractivity contribution is -0.144. The number of benzene rings is 1. The Hall–Kier alpha value is -1.13. The van der Waals surface area contributed by atoms with E-state index in [0.717, 1.165) is 6.07 Å². The Labute approximate surface area is 104 Å². The zero-order valence-electron chi connectivity index (χ0n) is 9.52. The van der Waals surface area contributed by atoms with Crippen molar-refractivity contribution in [2.24, 2.45) is 11.8 Å². The van der Waals surface area contributed by atoms with Gasteiger partial charge in [0.2, 0.25) is 0 Å². The zero-order chi connectivity index (χ0) is 13.2. The average Bonchev–Trinajstić information content (AvgIpc) is 2.29. The maximum atomic E-state index is 12.9. The molecule has 0 saturated carbocycles. The Bertz CT molecular complexity index is 422. The van der Waals surface area contributed by atoms with Crippen molar-refractivity contribution in [1.82, 2.24) is 0 Å². The Morgan fingerprint density at radius 3 is 2.47 bits per heavy atom. The Morgan fingerprint density at radius 2 is 2.00 bits per heavy atom. The largest absolute Gasteiger partial charge is 0.481 e. The van der Waals surface area contributed by atoms with Crippen LogP contribution in [0.25, 0.3) is 0 Å². The molecule has 1 rings (SSSR count). The first kappa shape index (κ1) is 13.9. The molecule has 5 heteroatoms. The first-order chi connectivity index (χ1) is 7.84. The van der Waals surface area contributed by atoms with Gasteiger partial charge in [0.25, 0.3) is 0 Å². The summed E-state index contributed by atoms with van der Waals surface area (Å²) in [7, 11) is 0. The molecule has 0 fully saturated rings. The van der Waals surface area contributed by atoms with E-state index in [0.29, 0.717) is 5.56 Å². The maximum Gasteiger partial charge on any atom is 0.306 e. The van der Waals surface area contributed by atoms with Gasteiger partial charge in [0.05, 0.1) is 17.0 Å². The molecule has 0 spiro atoms. The molecule has 17 heavy (non-hydrogen) atoms. The van der Waals surface area contributed by atoms with Crippen molar-refractivity contribution in [3.05, 3.63) is 34.6 Å². The number of carboxylic acid groups (broad SMARTS) is 1. The van der Waals surface area contributed by atoms with Gasteiger partial charge in [0, 0.05) is 0 Å². The van der Waals surface area contributed by atoms with Crippen LogP contribution in [0.5, 0.6) is 0 Å². The van der Waals surface area contributed by atoms with Crippen LogP contribution >= 0.6 is 11.6 Å². The smallest absolute Gasteiger partial charge is 0.306 e. The molecule has 1 aromatic carbocycles. The predicted octanol–water partition coefficient (Wildman–Crippen LogP) is 2.87. The van der Waals surface area contributed by atoms with Crippen molar-refractivity contribution < 1.29 is 19.4 Å². The molecule has 0 radical (unpaired) electrons. The van der Waals surface area contributed by atoms with E-state index in [1.165, 1.54) is 19.1 Å². The van der Waals surface area contributed by atoms with Crippen LogP contribution in [0, 0.1) is 17.7 Å². The lowest BCUT2D eigenvalue weighted by atomic mass is 9.87. The molecule has 2 N–H and O–H groups in total. The number of aliphatic hydroxyl groups is 1. The van der Waals surface area contributed by atoms with Crippen molar-refractivity contribution in [2.45, 2.75) is 20.0 Å². The average molecular weight is 261 g/mol. The molecular formula is C12H14ClFO3. The van der Waals surface area contributed by atoms with Gasteiger partial charge in [0.1, 0.15) is 5.82 Å². The minimum Gasteiger partial charge on any atom is -0.481 e. The van der Waals surface area contributed by atoms with Gasteiger partial charge in [-0.25, -0.2) is 4.39 Å². The van der Waals surface area contributed by atoms with Crippen LogP contribution in [-0.2, 0) is 4.79 Å². The second-order valence-corrected chi connectivity index (χ2v) is 4.51. The summed E-state index contributed by atoms with van der Waals surface area (Å²) in [5.74, 6) is -2.74. The van der Waals surface area contributed by atoms with E-state index in [1.54, 1.807) is 6.92 Å². The molecule has 0 aliphatic heterocycles. The highest BCUT2D eigenvalue weighted by Crippen LogP contribution is 2.30. The van der Waals surface area contributed by atoms with Gasteiger partial charge in [-0.15, -0.1) is 0 Å². The molecule has 94 valence electrons. The number of hydrogen-bond acceptors (Lipinski definition) is 2. The van der Waals surface area contributed by atoms with Gasteiger partial charge in [0.15, 0.2) is 0 Å². The second-order valence-electron chi connectivity index (χ2n) is 4.10. The summed E-state index contributed by atoms with van der Waals surface area (Å²) in [5.41, 5.74) is 0.414. The van der Waals surface area contributed by atoms with Crippen molar-refractivity contribution in [3.8, 4) is 0 Å². The number of aliphatic hydroxyl groups excluding tert-OH is 1. The van der Waals surface area contributed by atoms with E-state index in [-0.39, 0.29) is 5.02 Å². The second kappa shape index (κ2) is 5.47. The first-order valence-corrected chi connectivity index (χ1v) is 5.58. The highest BCUT2D eigenvalue weighted by atomic mass is 35.5. The van der Waals surface area contributed by atoms with E-state index in [9.17, 15) is 14.3 Å². The van der Waals surface area contributed by atoms with E-state index >= 15 is 0 Å². The van der Waals surface area contributed by atoms with E-state index in [1.807, 2.05) is 0 Å². The minimum absolute atomic E-state index is 0.0864. The van der Waals surface area contributed by atoms with Crippen molar-refractivity contribution in [3.63, 3.8) is 0 Å². The molecule has 0 saturated heterocycles. The maximum absolute atomic E-state index is 12.9. The Kier molecular flexibility index (Phi) is 4.48. The van der Waals surface area contributed by atoms with E-state index in [4.69, 9.17) is 16.7 Å². The fourth-order valence-electron chi connectivity index (χ4n) is 1.50. The monoisotopic (exact) mass is 260 g/mol. The number of carboxylic acids is 1. The normalized spacial score (nSPS) is 16.3. The van der Waals surface area contributed by atoms with Gasteiger partial charge in [-0.3, -0.25) is 4.79 Å². The highest BCUT2D eigenvalue weighted by Gasteiger charge is 2.27. The topological polar surface area (TPSA) is 57.5 Å². The molecule has 0 aliphatic carbocycles. The van der Waals surface area contributed by atoms with Crippen LogP contribution in [0.1, 0.15) is 25.5 Å². The number of aliphatic carboxylic acids is 1. The molecule has 3 nitrogen and oxygen atoms in total. The lowest BCUT2D eigenvalue weighted by Gasteiger charge is -2.22. The van der Waals surface area contributed by atoms with Crippen LogP contribution in [-0.4, -0.2) is 16.2 Å². The SMILES string of the molecule is CC(C(=O)O)C(C)C(O)c1ccc(F)c(Cl)c1. The number of carbonyl (C=O) groups is 1. The van der Waals surface area contributed by atoms with E-state index in [2.05, 4.69) is 0 Å². The number of halogens is 2. The zero-order valence-corrected chi connectivity index (χ0v) is 10.3. The van der Waals surface area contributed by atoms with Crippen LogP contribution in [0.3, 0.4) is 0 Å². The third-order valence-electron chi connectivity index (χ3n) is 2.96. The van der Waals surface area contributed by atoms with Crippen LogP contribution < -0.4 is 0 Å². The summed E-state index contributed by atoms with van der Waals surface area (Å²) in [6, 6.07) is 3.86. The minimum atomic E-state index is -0.987. The summed E-state index contributed by atoms with van der Waals surface area (Å²) in [5, 5.41) is 18.7. The molecule has 0 amide bonds. The summed E-state index contributed by atoms with van der Waals surface area (Å²) in [6.07, 6.45) is -0.987. The van der Waals surface area contributed by atoms with Crippen molar-refractivity contribution >= 4 is 17.6 Å². The van der Waals surface area contributed by atoms with Gasteiger partial charge < -0.3 is 10.2 Å². The van der Waals surface area contributed by atoms with Crippen LogP contribution in [0.2, 0.25) is 5.02 Å². The van der Waals surface area contributed by atoms with E-state index < -0.39 is 29.7 Å². The number of rotatable bonds is 4. The molecule has 0 aromatic heterocycles. The van der Waals surface area contributed by atoms with Crippen molar-refractivity contribution in [1.29, 1.82) is 0 Å². The molecule has 0 bridgehead atoms. The van der Waals surface area contributed by atoms with Gasteiger partial charge in [-0.1, -0.05) is 31.5 Å². The van der Waals surface area contributed by atoms with Gasteiger partial charge >= 0.3 is 5.97 Å². The summed E-state index contributed by atoms with van der Waals surface area (Å²) >= 11 is 5.60. The lowest BCUT2D eigenvalue weighted by Crippen LogP contribution is -2.23. The summed E-state index contributed by atoms with van der Waals surface area (Å²) < 4.78 is 12.9. The van der Waals surface area contributed by atoms with Crippen LogP contribution in [0.15, 0.2) is 18.2 Å². The van der Waals surface area contributed by atoms with Gasteiger partial charge in [-0.2, -0.15) is 0 Å². The number of hydrogen-bond donors (Lipinski definition) is 2. The summed E-state index contributed by atoms with van der Waals surface area (Å²) in [6.45, 7) is 3.14. The fourth-order valence-corrected chi connectivity index (χ4v) is 1.69. The fraction of sp³-hybridized carbons (Fsp3) is 0.417. The Balaban J connectivity index is 2.92. The third kappa shape index (κ3) is 3.17. The van der Waals surface area contributed by atoms with Gasteiger partial charge in [-0.05, 0) is 23.6 Å². The Morgan fingerprint density at radius 1 is 1.41 bits per heavy atom. The molecule has 0 aliphatic rings. The molecular weight excluding hydrogens is 247 g/mol. The molecule has 0 heterocycles. The quantitative estimate of drug-likeness (QED) is 0.875. The molecule has 3 unspecified atom stereocenters.